The van der Waals surface area contributed by atoms with Crippen molar-refractivity contribution in [2.24, 2.45) is 0 Å². The molecule has 4 aromatic rings. The van der Waals surface area contributed by atoms with Crippen LogP contribution < -0.4 is 9.47 Å². The van der Waals surface area contributed by atoms with Gasteiger partial charge in [-0.05, 0) is 72.9 Å². The molecule has 1 heterocycles. The Morgan fingerprint density at radius 3 is 2.12 bits per heavy atom. The fraction of sp³-hybridized carbons (Fsp3) is 0.212. The molecule has 2 N–H and O–H groups in total. The molecule has 0 radical (unpaired) electrons. The van der Waals surface area contributed by atoms with E-state index in [1.165, 1.54) is 0 Å². The van der Waals surface area contributed by atoms with Crippen molar-refractivity contribution in [1.29, 1.82) is 0 Å². The molecule has 1 aromatic heterocycles. The minimum atomic E-state index is -0.926. The number of ether oxygens (including phenoxy) is 2. The van der Waals surface area contributed by atoms with Gasteiger partial charge in [0.2, 0.25) is 0 Å². The van der Waals surface area contributed by atoms with Crippen molar-refractivity contribution in [3.8, 4) is 11.5 Å². The van der Waals surface area contributed by atoms with Crippen molar-refractivity contribution < 1.29 is 29.3 Å². The molecule has 4 rings (SSSR count). The molecule has 0 saturated carbocycles. The summed E-state index contributed by atoms with van der Waals surface area (Å²) >= 11 is 0. The number of aryl methyl sites for hydroxylation is 1. The van der Waals surface area contributed by atoms with Crippen LogP contribution in [0.15, 0.2) is 84.9 Å². The third-order valence-electron chi connectivity index (χ3n) is 6.55. The van der Waals surface area contributed by atoms with E-state index in [2.05, 4.69) is 0 Å². The van der Waals surface area contributed by atoms with Crippen LogP contribution in [0.25, 0.3) is 23.1 Å². The highest BCUT2D eigenvalue weighted by Gasteiger charge is 2.18. The van der Waals surface area contributed by atoms with E-state index in [-0.39, 0.29) is 13.0 Å². The molecular formula is C33H33NO6. The number of benzene rings is 3. The molecule has 0 atom stereocenters. The minimum absolute atomic E-state index is 0.0727. The fourth-order valence-corrected chi connectivity index (χ4v) is 4.63. The molecule has 0 aliphatic heterocycles. The first kappa shape index (κ1) is 28.2. The molecule has 7 nitrogen and oxygen atoms in total. The SMILES string of the molecule is Cc1c(CCCC(=O)O)c2cccc(/C=C/c3ccc(OC/C=C/COc4ccccc4)cc3)c2n1CC(=O)O. The number of carbonyl (C=O) groups is 2. The van der Waals surface area contributed by atoms with Crippen molar-refractivity contribution in [3.05, 3.63) is 107 Å². The van der Waals surface area contributed by atoms with Crippen molar-refractivity contribution in [2.45, 2.75) is 32.7 Å². The summed E-state index contributed by atoms with van der Waals surface area (Å²) in [7, 11) is 0. The third kappa shape index (κ3) is 7.63. The van der Waals surface area contributed by atoms with E-state index in [9.17, 15) is 14.7 Å². The Morgan fingerprint density at radius 2 is 1.48 bits per heavy atom. The topological polar surface area (TPSA) is 98.0 Å². The summed E-state index contributed by atoms with van der Waals surface area (Å²) in [5, 5.41) is 19.5. The smallest absolute Gasteiger partial charge is 0.323 e. The number of hydrogen-bond acceptors (Lipinski definition) is 4. The first-order valence-corrected chi connectivity index (χ1v) is 13.2. The number of hydrogen-bond donors (Lipinski definition) is 2. The summed E-state index contributed by atoms with van der Waals surface area (Å²) in [6.45, 7) is 2.65. The number of carboxylic acid groups (broad SMARTS) is 2. The Balaban J connectivity index is 1.42. The van der Waals surface area contributed by atoms with Gasteiger partial charge >= 0.3 is 11.9 Å². The van der Waals surface area contributed by atoms with E-state index in [4.69, 9.17) is 14.6 Å². The van der Waals surface area contributed by atoms with Crippen LogP contribution in [0.3, 0.4) is 0 Å². The lowest BCUT2D eigenvalue weighted by Gasteiger charge is -2.08. The van der Waals surface area contributed by atoms with Crippen LogP contribution in [-0.2, 0) is 22.6 Å². The zero-order valence-electron chi connectivity index (χ0n) is 22.5. The minimum Gasteiger partial charge on any atom is -0.490 e. The van der Waals surface area contributed by atoms with E-state index in [0.717, 1.165) is 44.8 Å². The van der Waals surface area contributed by atoms with E-state index >= 15 is 0 Å². The zero-order chi connectivity index (χ0) is 28.3. The first-order valence-electron chi connectivity index (χ1n) is 13.2. The molecule has 0 saturated heterocycles. The van der Waals surface area contributed by atoms with Crippen LogP contribution in [-0.4, -0.2) is 39.9 Å². The summed E-state index contributed by atoms with van der Waals surface area (Å²) in [6, 6.07) is 23.3. The van der Waals surface area contributed by atoms with Gasteiger partial charge in [-0.15, -0.1) is 0 Å². The molecule has 0 fully saturated rings. The van der Waals surface area contributed by atoms with Gasteiger partial charge in [-0.2, -0.15) is 0 Å². The Bertz CT molecular complexity index is 1500. The fourth-order valence-electron chi connectivity index (χ4n) is 4.63. The van der Waals surface area contributed by atoms with E-state index in [1.54, 1.807) is 0 Å². The van der Waals surface area contributed by atoms with Crippen molar-refractivity contribution in [2.75, 3.05) is 13.2 Å². The molecule has 0 bridgehead atoms. The van der Waals surface area contributed by atoms with Crippen LogP contribution in [0, 0.1) is 6.92 Å². The molecule has 0 aliphatic rings. The number of carboxylic acids is 2. The average Bonchev–Trinajstić information content (AvgIpc) is 3.21. The van der Waals surface area contributed by atoms with Gasteiger partial charge in [0, 0.05) is 17.5 Å². The number of rotatable bonds is 14. The van der Waals surface area contributed by atoms with Crippen LogP contribution in [0.1, 0.15) is 35.2 Å². The summed E-state index contributed by atoms with van der Waals surface area (Å²) in [6.07, 6.45) is 8.94. The summed E-state index contributed by atoms with van der Waals surface area (Å²) in [4.78, 5) is 22.7. The molecule has 0 unspecified atom stereocenters. The van der Waals surface area contributed by atoms with Crippen molar-refractivity contribution >= 4 is 35.0 Å². The molecule has 0 spiro atoms. The standard InChI is InChI=1S/C33H33NO6/c1-24-29(12-8-14-31(35)36)30-13-7-9-26(33(30)34(24)23-32(37)38)18-15-25-16-19-28(20-17-25)40-22-6-5-21-39-27-10-3-2-4-11-27/h2-7,9-11,13,15-20H,8,12,14,21-23H2,1H3,(H,35,36)(H,37,38)/b6-5+,18-15+. The van der Waals surface area contributed by atoms with E-state index in [0.29, 0.717) is 26.1 Å². The summed E-state index contributed by atoms with van der Waals surface area (Å²) in [5.74, 6) is -0.180. The predicted molar refractivity (Wildman–Crippen MR) is 157 cm³/mol. The molecule has 7 heteroatoms. The van der Waals surface area contributed by atoms with Crippen molar-refractivity contribution in [3.63, 3.8) is 0 Å². The maximum atomic E-state index is 11.6. The Labute approximate surface area is 233 Å². The van der Waals surface area contributed by atoms with Crippen LogP contribution >= 0.6 is 0 Å². The zero-order valence-corrected chi connectivity index (χ0v) is 22.5. The quantitative estimate of drug-likeness (QED) is 0.138. The molecule has 40 heavy (non-hydrogen) atoms. The normalized spacial score (nSPS) is 11.4. The maximum absolute atomic E-state index is 11.6. The number of nitrogens with zero attached hydrogens (tertiary/aromatic N) is 1. The van der Waals surface area contributed by atoms with Gasteiger partial charge in [0.1, 0.15) is 31.3 Å². The Kier molecular flexibility index (Phi) is 9.77. The first-order chi connectivity index (χ1) is 19.4. The highest BCUT2D eigenvalue weighted by atomic mass is 16.5. The lowest BCUT2D eigenvalue weighted by atomic mass is 10.0. The van der Waals surface area contributed by atoms with Crippen molar-refractivity contribution in [1.82, 2.24) is 4.57 Å². The highest BCUT2D eigenvalue weighted by molar-refractivity contribution is 5.95. The lowest BCUT2D eigenvalue weighted by Crippen LogP contribution is -2.10. The number of aliphatic carboxylic acids is 2. The largest absolute Gasteiger partial charge is 0.490 e. The number of fused-ring (bicyclic) bond motifs is 1. The van der Waals surface area contributed by atoms with Crippen LogP contribution in [0.4, 0.5) is 0 Å². The Hall–Kier alpha value is -4.78. The number of para-hydroxylation sites is 2. The monoisotopic (exact) mass is 539 g/mol. The molecule has 3 aromatic carbocycles. The van der Waals surface area contributed by atoms with E-state index in [1.807, 2.05) is 109 Å². The van der Waals surface area contributed by atoms with Crippen LogP contribution in [0.2, 0.25) is 0 Å². The van der Waals surface area contributed by atoms with Gasteiger partial charge in [-0.3, -0.25) is 9.59 Å². The molecular weight excluding hydrogens is 506 g/mol. The van der Waals surface area contributed by atoms with Gasteiger partial charge in [0.05, 0.1) is 5.52 Å². The summed E-state index contributed by atoms with van der Waals surface area (Å²) in [5.41, 5.74) is 4.56. The van der Waals surface area contributed by atoms with Crippen LogP contribution in [0.5, 0.6) is 11.5 Å². The average molecular weight is 540 g/mol. The van der Waals surface area contributed by atoms with Gasteiger partial charge < -0.3 is 24.3 Å². The maximum Gasteiger partial charge on any atom is 0.323 e. The Morgan fingerprint density at radius 1 is 0.800 bits per heavy atom. The number of aromatic nitrogens is 1. The molecule has 0 aliphatic carbocycles. The second-order valence-corrected chi connectivity index (χ2v) is 9.34. The third-order valence-corrected chi connectivity index (χ3v) is 6.55. The van der Waals surface area contributed by atoms with E-state index < -0.39 is 11.9 Å². The second-order valence-electron chi connectivity index (χ2n) is 9.34. The predicted octanol–water partition coefficient (Wildman–Crippen LogP) is 6.63. The second kappa shape index (κ2) is 13.8. The van der Waals surface area contributed by atoms with Gasteiger partial charge in [-0.25, -0.2) is 0 Å². The van der Waals surface area contributed by atoms with Gasteiger partial charge in [0.15, 0.2) is 0 Å². The lowest BCUT2D eigenvalue weighted by molar-refractivity contribution is -0.138. The highest BCUT2D eigenvalue weighted by Crippen LogP contribution is 2.31. The molecule has 0 amide bonds. The summed E-state index contributed by atoms with van der Waals surface area (Å²) < 4.78 is 13.2. The van der Waals surface area contributed by atoms with Gasteiger partial charge in [-0.1, -0.05) is 60.7 Å². The molecule has 206 valence electrons. The van der Waals surface area contributed by atoms with Gasteiger partial charge in [0.25, 0.3) is 0 Å².